The number of hydrogen-bond acceptors (Lipinski definition) is 7. The molecule has 1 aromatic carbocycles. The van der Waals surface area contributed by atoms with Crippen LogP contribution in [0, 0.1) is 11.3 Å². The Hall–Kier alpha value is -3.18. The largest absolute Gasteiger partial charge is 0.442 e. The molecule has 8 heteroatoms. The van der Waals surface area contributed by atoms with E-state index in [-0.39, 0.29) is 6.04 Å². The van der Waals surface area contributed by atoms with E-state index < -0.39 is 0 Å². The summed E-state index contributed by atoms with van der Waals surface area (Å²) >= 11 is 1.49. The standard InChI is InChI=1S/C18H14N6OS/c19-7-16-22-14-3-1-2-13(18(14)26-16)21-10-4-5-12-11(6-10)17(24-23-12)15-8-20-9-25-15/h4-6,8-9,13,21H,1-3H2,(H,23,24). The van der Waals surface area contributed by atoms with Gasteiger partial charge in [-0.1, -0.05) is 0 Å². The van der Waals surface area contributed by atoms with Gasteiger partial charge in [-0.2, -0.15) is 10.4 Å². The van der Waals surface area contributed by atoms with Gasteiger partial charge < -0.3 is 9.73 Å². The summed E-state index contributed by atoms with van der Waals surface area (Å²) in [6.07, 6.45) is 6.10. The first-order chi connectivity index (χ1) is 12.8. The van der Waals surface area contributed by atoms with E-state index in [1.807, 2.05) is 12.1 Å². The number of rotatable bonds is 3. The molecule has 0 amide bonds. The molecule has 1 aliphatic rings. The Labute approximate surface area is 152 Å². The molecule has 26 heavy (non-hydrogen) atoms. The zero-order valence-corrected chi connectivity index (χ0v) is 14.5. The summed E-state index contributed by atoms with van der Waals surface area (Å²) in [5.74, 6) is 0.634. The monoisotopic (exact) mass is 362 g/mol. The number of H-pyrrole nitrogens is 1. The van der Waals surface area contributed by atoms with E-state index in [1.165, 1.54) is 22.6 Å². The summed E-state index contributed by atoms with van der Waals surface area (Å²) in [7, 11) is 0. The van der Waals surface area contributed by atoms with E-state index in [9.17, 15) is 0 Å². The first-order valence-electron chi connectivity index (χ1n) is 8.35. The van der Waals surface area contributed by atoms with Crippen molar-refractivity contribution in [3.8, 4) is 17.5 Å². The molecule has 0 saturated heterocycles. The molecular weight excluding hydrogens is 348 g/mol. The van der Waals surface area contributed by atoms with Gasteiger partial charge in [-0.25, -0.2) is 9.97 Å². The molecule has 0 fully saturated rings. The van der Waals surface area contributed by atoms with Crippen molar-refractivity contribution in [3.63, 3.8) is 0 Å². The fraction of sp³-hybridized carbons (Fsp3) is 0.222. The normalized spacial score (nSPS) is 16.3. The molecular formula is C18H14N6OS. The Morgan fingerprint density at radius 1 is 1.38 bits per heavy atom. The number of oxazole rings is 1. The van der Waals surface area contributed by atoms with Gasteiger partial charge in [-0.05, 0) is 37.5 Å². The number of nitrogens with one attached hydrogen (secondary N) is 2. The summed E-state index contributed by atoms with van der Waals surface area (Å²) in [4.78, 5) is 9.58. The zero-order valence-electron chi connectivity index (χ0n) is 13.7. The average molecular weight is 362 g/mol. The molecule has 0 aliphatic heterocycles. The van der Waals surface area contributed by atoms with Gasteiger partial charge in [0, 0.05) is 11.1 Å². The van der Waals surface area contributed by atoms with Crippen molar-refractivity contribution < 1.29 is 4.42 Å². The van der Waals surface area contributed by atoms with Gasteiger partial charge in [0.2, 0.25) is 0 Å². The second kappa shape index (κ2) is 5.97. The van der Waals surface area contributed by atoms with Crippen molar-refractivity contribution in [2.45, 2.75) is 25.3 Å². The van der Waals surface area contributed by atoms with Gasteiger partial charge in [0.05, 0.1) is 28.3 Å². The summed E-state index contributed by atoms with van der Waals surface area (Å²) in [6, 6.07) is 8.44. The predicted octanol–water partition coefficient (Wildman–Crippen LogP) is 4.04. The fourth-order valence-corrected chi connectivity index (χ4v) is 4.43. The van der Waals surface area contributed by atoms with Crippen molar-refractivity contribution in [2.24, 2.45) is 0 Å². The van der Waals surface area contributed by atoms with Crippen LogP contribution in [-0.2, 0) is 6.42 Å². The minimum atomic E-state index is 0.177. The topological polar surface area (TPSA) is 103 Å². The van der Waals surface area contributed by atoms with Gasteiger partial charge in [-0.15, -0.1) is 11.3 Å². The Morgan fingerprint density at radius 3 is 3.19 bits per heavy atom. The average Bonchev–Trinajstić information content (AvgIpc) is 3.40. The maximum atomic E-state index is 9.13. The number of hydrogen-bond donors (Lipinski definition) is 2. The number of anilines is 1. The van der Waals surface area contributed by atoms with Crippen LogP contribution in [0.2, 0.25) is 0 Å². The molecule has 0 spiro atoms. The quantitative estimate of drug-likeness (QED) is 0.570. The molecule has 7 nitrogen and oxygen atoms in total. The molecule has 2 N–H and O–H groups in total. The number of fused-ring (bicyclic) bond motifs is 2. The van der Waals surface area contributed by atoms with Crippen molar-refractivity contribution in [3.05, 3.63) is 46.4 Å². The molecule has 0 radical (unpaired) electrons. The predicted molar refractivity (Wildman–Crippen MR) is 97.7 cm³/mol. The van der Waals surface area contributed by atoms with Crippen LogP contribution in [0.15, 0.2) is 35.2 Å². The smallest absolute Gasteiger partial charge is 0.194 e. The SMILES string of the molecule is N#Cc1nc2c(s1)C(Nc1ccc3[nH]nc(-c4cnco4)c3c1)CCC2. The van der Waals surface area contributed by atoms with Crippen LogP contribution in [0.4, 0.5) is 5.69 Å². The minimum Gasteiger partial charge on any atom is -0.442 e. The van der Waals surface area contributed by atoms with Crippen LogP contribution in [0.1, 0.15) is 34.5 Å². The van der Waals surface area contributed by atoms with Crippen molar-refractivity contribution in [1.82, 2.24) is 20.2 Å². The molecule has 1 unspecified atom stereocenters. The number of benzene rings is 1. The first-order valence-corrected chi connectivity index (χ1v) is 9.16. The van der Waals surface area contributed by atoms with Crippen molar-refractivity contribution in [2.75, 3.05) is 5.32 Å². The highest BCUT2D eigenvalue weighted by molar-refractivity contribution is 7.12. The molecule has 0 bridgehead atoms. The van der Waals surface area contributed by atoms with Crippen LogP contribution < -0.4 is 5.32 Å². The maximum Gasteiger partial charge on any atom is 0.194 e. The summed E-state index contributed by atoms with van der Waals surface area (Å²) in [6.45, 7) is 0. The van der Waals surface area contributed by atoms with E-state index >= 15 is 0 Å². The lowest BCUT2D eigenvalue weighted by atomic mass is 9.97. The third-order valence-corrected chi connectivity index (χ3v) is 5.73. The molecule has 128 valence electrons. The number of aromatic amines is 1. The molecule has 4 aromatic rings. The lowest BCUT2D eigenvalue weighted by molar-refractivity contribution is 0.570. The number of nitrogens with zero attached hydrogens (tertiary/aromatic N) is 4. The van der Waals surface area contributed by atoms with Gasteiger partial charge in [-0.3, -0.25) is 5.10 Å². The lowest BCUT2D eigenvalue weighted by Gasteiger charge is -2.23. The van der Waals surface area contributed by atoms with Crippen molar-refractivity contribution in [1.29, 1.82) is 5.26 Å². The van der Waals surface area contributed by atoms with E-state index in [0.29, 0.717) is 10.8 Å². The Morgan fingerprint density at radius 2 is 2.35 bits per heavy atom. The molecule has 3 aromatic heterocycles. The van der Waals surface area contributed by atoms with Crippen LogP contribution >= 0.6 is 11.3 Å². The third kappa shape index (κ3) is 2.45. The van der Waals surface area contributed by atoms with Gasteiger partial charge in [0.25, 0.3) is 0 Å². The van der Waals surface area contributed by atoms with E-state index in [4.69, 9.17) is 9.68 Å². The Balaban J connectivity index is 1.50. The number of nitriles is 1. The minimum absolute atomic E-state index is 0.177. The van der Waals surface area contributed by atoms with Gasteiger partial charge in [0.15, 0.2) is 17.2 Å². The zero-order chi connectivity index (χ0) is 17.5. The number of aromatic nitrogens is 4. The third-order valence-electron chi connectivity index (χ3n) is 4.62. The fourth-order valence-electron chi connectivity index (χ4n) is 3.43. The highest BCUT2D eigenvalue weighted by atomic mass is 32.1. The number of aryl methyl sites for hydroxylation is 1. The highest BCUT2D eigenvalue weighted by Gasteiger charge is 2.25. The molecule has 1 aliphatic carbocycles. The number of thiazole rings is 1. The van der Waals surface area contributed by atoms with Crippen LogP contribution in [0.3, 0.4) is 0 Å². The Bertz CT molecular complexity index is 1120. The summed E-state index contributed by atoms with van der Waals surface area (Å²) in [5, 5.41) is 21.6. The second-order valence-electron chi connectivity index (χ2n) is 6.23. The van der Waals surface area contributed by atoms with Gasteiger partial charge >= 0.3 is 0 Å². The molecule has 3 heterocycles. The van der Waals surface area contributed by atoms with Crippen molar-refractivity contribution >= 4 is 27.9 Å². The van der Waals surface area contributed by atoms with Crippen LogP contribution in [-0.4, -0.2) is 20.2 Å². The maximum absolute atomic E-state index is 9.13. The van der Waals surface area contributed by atoms with E-state index in [1.54, 1.807) is 6.20 Å². The molecule has 5 rings (SSSR count). The first kappa shape index (κ1) is 15.1. The second-order valence-corrected chi connectivity index (χ2v) is 7.26. The lowest BCUT2D eigenvalue weighted by Crippen LogP contribution is -2.15. The summed E-state index contributed by atoms with van der Waals surface area (Å²) in [5.41, 5.74) is 3.75. The van der Waals surface area contributed by atoms with Crippen LogP contribution in [0.25, 0.3) is 22.4 Å². The Kier molecular flexibility index (Phi) is 3.47. The molecule has 1 atom stereocenters. The summed E-state index contributed by atoms with van der Waals surface area (Å²) < 4.78 is 5.39. The highest BCUT2D eigenvalue weighted by Crippen LogP contribution is 2.37. The van der Waals surface area contributed by atoms with Gasteiger partial charge in [0.1, 0.15) is 11.8 Å². The molecule has 0 saturated carbocycles. The van der Waals surface area contributed by atoms with E-state index in [2.05, 4.69) is 37.6 Å². The van der Waals surface area contributed by atoms with E-state index in [0.717, 1.165) is 47.2 Å². The van der Waals surface area contributed by atoms with Crippen LogP contribution in [0.5, 0.6) is 0 Å².